The van der Waals surface area contributed by atoms with Crippen molar-refractivity contribution in [3.63, 3.8) is 0 Å². The molecule has 1 N–H and O–H groups in total. The molecule has 0 atom stereocenters. The number of nitrogens with one attached hydrogen (secondary N) is 1. The zero-order valence-corrected chi connectivity index (χ0v) is 6.98. The van der Waals surface area contributed by atoms with Crippen LogP contribution < -0.4 is 5.32 Å². The molecule has 0 radical (unpaired) electrons. The molecule has 0 aromatic heterocycles. The Morgan fingerprint density at radius 3 is 2.80 bits per heavy atom. The maximum atomic E-state index is 3.14. The number of hydrogen-bond donors (Lipinski definition) is 1. The van der Waals surface area contributed by atoms with E-state index in [2.05, 4.69) is 18.3 Å². The van der Waals surface area contributed by atoms with Crippen LogP contribution in [-0.4, -0.2) is 13.6 Å². The number of likely N-dealkylation sites (N-methyl/N-ethyl adjacent to an activating group) is 1. The number of hydrogen-bond acceptors (Lipinski definition) is 1. The van der Waals surface area contributed by atoms with Crippen molar-refractivity contribution in [1.82, 2.24) is 5.32 Å². The first-order valence-corrected chi connectivity index (χ1v) is 4.13. The van der Waals surface area contributed by atoms with E-state index in [9.17, 15) is 0 Å². The molecule has 1 heteroatoms. The molecule has 0 saturated heterocycles. The van der Waals surface area contributed by atoms with Gasteiger partial charge in [-0.2, -0.15) is 0 Å². The Bertz CT molecular complexity index is 123. The summed E-state index contributed by atoms with van der Waals surface area (Å²) in [5.74, 6) is 1.03. The van der Waals surface area contributed by atoms with Gasteiger partial charge < -0.3 is 5.32 Å². The van der Waals surface area contributed by atoms with Crippen molar-refractivity contribution in [2.24, 2.45) is 5.92 Å². The zero-order chi connectivity index (χ0) is 7.40. The van der Waals surface area contributed by atoms with Gasteiger partial charge >= 0.3 is 0 Å². The van der Waals surface area contributed by atoms with E-state index >= 15 is 0 Å². The van der Waals surface area contributed by atoms with E-state index in [0.29, 0.717) is 0 Å². The molecule has 1 aliphatic carbocycles. The second-order valence-electron chi connectivity index (χ2n) is 3.26. The van der Waals surface area contributed by atoms with Gasteiger partial charge in [0, 0.05) is 6.54 Å². The van der Waals surface area contributed by atoms with Crippen LogP contribution in [0.25, 0.3) is 0 Å². The molecule has 0 aliphatic heterocycles. The van der Waals surface area contributed by atoms with E-state index in [1.165, 1.54) is 24.8 Å². The van der Waals surface area contributed by atoms with Crippen LogP contribution in [0.2, 0.25) is 0 Å². The van der Waals surface area contributed by atoms with Crippen molar-refractivity contribution in [2.45, 2.75) is 26.2 Å². The molecule has 1 nitrogen and oxygen atoms in total. The Kier molecular flexibility index (Phi) is 2.94. The highest BCUT2D eigenvalue weighted by Crippen LogP contribution is 2.32. The summed E-state index contributed by atoms with van der Waals surface area (Å²) in [6.45, 7) is 3.24. The molecule has 1 fully saturated rings. The second-order valence-corrected chi connectivity index (χ2v) is 3.26. The van der Waals surface area contributed by atoms with Crippen molar-refractivity contribution in [1.29, 1.82) is 0 Å². The minimum atomic E-state index is 1.03. The van der Waals surface area contributed by atoms with Crippen LogP contribution in [0.5, 0.6) is 0 Å². The molecule has 1 aliphatic rings. The summed E-state index contributed by atoms with van der Waals surface area (Å²) in [6.07, 6.45) is 6.61. The predicted molar refractivity (Wildman–Crippen MR) is 45.0 cm³/mol. The van der Waals surface area contributed by atoms with Crippen LogP contribution in [0.15, 0.2) is 11.6 Å². The SMILES string of the molecule is CNC/C(C)=C\CC1CC1. The topological polar surface area (TPSA) is 12.0 Å². The normalized spacial score (nSPS) is 19.6. The lowest BCUT2D eigenvalue weighted by Gasteiger charge is -1.97. The average molecular weight is 139 g/mol. The van der Waals surface area contributed by atoms with Crippen molar-refractivity contribution >= 4 is 0 Å². The van der Waals surface area contributed by atoms with Crippen molar-refractivity contribution in [2.75, 3.05) is 13.6 Å². The Hall–Kier alpha value is -0.300. The first-order valence-electron chi connectivity index (χ1n) is 4.13. The number of allylic oxidation sites excluding steroid dienone is 1. The van der Waals surface area contributed by atoms with Crippen LogP contribution in [0.1, 0.15) is 26.2 Å². The third kappa shape index (κ3) is 3.02. The molecule has 0 aromatic carbocycles. The van der Waals surface area contributed by atoms with Crippen LogP contribution in [0, 0.1) is 5.92 Å². The van der Waals surface area contributed by atoms with Crippen molar-refractivity contribution in [3.8, 4) is 0 Å². The Labute approximate surface area is 63.5 Å². The highest BCUT2D eigenvalue weighted by molar-refractivity contribution is 5.01. The summed E-state index contributed by atoms with van der Waals surface area (Å²) in [5, 5.41) is 3.14. The molecular weight excluding hydrogens is 122 g/mol. The fraction of sp³-hybridized carbons (Fsp3) is 0.778. The fourth-order valence-corrected chi connectivity index (χ4v) is 1.07. The molecule has 0 unspecified atom stereocenters. The van der Waals surface area contributed by atoms with E-state index < -0.39 is 0 Å². The Balaban J connectivity index is 2.09. The minimum Gasteiger partial charge on any atom is -0.316 e. The van der Waals surface area contributed by atoms with Gasteiger partial charge in [0.1, 0.15) is 0 Å². The third-order valence-corrected chi connectivity index (χ3v) is 1.95. The van der Waals surface area contributed by atoms with E-state index in [1.807, 2.05) is 7.05 Å². The van der Waals surface area contributed by atoms with Crippen molar-refractivity contribution < 1.29 is 0 Å². The molecule has 0 aromatic rings. The van der Waals surface area contributed by atoms with Crippen LogP contribution in [0.3, 0.4) is 0 Å². The van der Waals surface area contributed by atoms with Gasteiger partial charge in [0.05, 0.1) is 0 Å². The lowest BCUT2D eigenvalue weighted by Crippen LogP contribution is -2.08. The molecular formula is C9H17N. The molecule has 0 bridgehead atoms. The molecule has 1 rings (SSSR count). The van der Waals surface area contributed by atoms with Crippen LogP contribution >= 0.6 is 0 Å². The monoisotopic (exact) mass is 139 g/mol. The standard InChI is InChI=1S/C9H17N/c1-8(7-10-2)3-4-9-5-6-9/h3,9-10H,4-7H2,1-2H3/b8-3-. The Morgan fingerprint density at radius 1 is 1.60 bits per heavy atom. The summed E-state index contributed by atoms with van der Waals surface area (Å²) >= 11 is 0. The van der Waals surface area contributed by atoms with Gasteiger partial charge in [-0.15, -0.1) is 0 Å². The summed E-state index contributed by atoms with van der Waals surface area (Å²) in [4.78, 5) is 0. The van der Waals surface area contributed by atoms with E-state index in [1.54, 1.807) is 0 Å². The lowest BCUT2D eigenvalue weighted by molar-refractivity contribution is 0.828. The summed E-state index contributed by atoms with van der Waals surface area (Å²) < 4.78 is 0. The first-order chi connectivity index (χ1) is 4.83. The summed E-state index contributed by atoms with van der Waals surface area (Å²) in [5.41, 5.74) is 1.48. The maximum absolute atomic E-state index is 3.14. The zero-order valence-electron chi connectivity index (χ0n) is 6.98. The lowest BCUT2D eigenvalue weighted by atomic mass is 10.2. The molecule has 58 valence electrons. The largest absolute Gasteiger partial charge is 0.316 e. The van der Waals surface area contributed by atoms with E-state index in [4.69, 9.17) is 0 Å². The van der Waals surface area contributed by atoms with Gasteiger partial charge in [0.25, 0.3) is 0 Å². The van der Waals surface area contributed by atoms with Gasteiger partial charge in [-0.05, 0) is 39.2 Å². The van der Waals surface area contributed by atoms with Gasteiger partial charge in [0.2, 0.25) is 0 Å². The molecule has 0 amide bonds. The van der Waals surface area contributed by atoms with Gasteiger partial charge in [0.15, 0.2) is 0 Å². The Morgan fingerprint density at radius 2 is 2.30 bits per heavy atom. The summed E-state index contributed by atoms with van der Waals surface area (Å²) in [7, 11) is 1.99. The van der Waals surface area contributed by atoms with Gasteiger partial charge in [-0.3, -0.25) is 0 Å². The molecule has 0 heterocycles. The van der Waals surface area contributed by atoms with E-state index in [0.717, 1.165) is 12.5 Å². The minimum absolute atomic E-state index is 1.03. The first kappa shape index (κ1) is 7.80. The quantitative estimate of drug-likeness (QED) is 0.587. The predicted octanol–water partition coefficient (Wildman–Crippen LogP) is 1.95. The van der Waals surface area contributed by atoms with Crippen LogP contribution in [0.4, 0.5) is 0 Å². The maximum Gasteiger partial charge on any atom is 0.0158 e. The second kappa shape index (κ2) is 3.77. The highest BCUT2D eigenvalue weighted by atomic mass is 14.8. The van der Waals surface area contributed by atoms with Gasteiger partial charge in [-0.1, -0.05) is 11.6 Å². The van der Waals surface area contributed by atoms with E-state index in [-0.39, 0.29) is 0 Å². The average Bonchev–Trinajstić information content (AvgIpc) is 2.67. The van der Waals surface area contributed by atoms with Gasteiger partial charge in [-0.25, -0.2) is 0 Å². The smallest absolute Gasteiger partial charge is 0.0158 e. The van der Waals surface area contributed by atoms with Crippen molar-refractivity contribution in [3.05, 3.63) is 11.6 Å². The van der Waals surface area contributed by atoms with Crippen LogP contribution in [-0.2, 0) is 0 Å². The highest BCUT2D eigenvalue weighted by Gasteiger charge is 2.18. The molecule has 10 heavy (non-hydrogen) atoms. The molecule has 1 saturated carbocycles. The fourth-order valence-electron chi connectivity index (χ4n) is 1.07. The third-order valence-electron chi connectivity index (χ3n) is 1.95. The molecule has 0 spiro atoms. The number of rotatable bonds is 4. The summed E-state index contributed by atoms with van der Waals surface area (Å²) in [6, 6.07) is 0.